The van der Waals surface area contributed by atoms with Crippen LogP contribution in [-0.4, -0.2) is 30.6 Å². The van der Waals surface area contributed by atoms with E-state index in [4.69, 9.17) is 0 Å². The van der Waals surface area contributed by atoms with Gasteiger partial charge < -0.3 is 10.3 Å². The third-order valence-corrected chi connectivity index (χ3v) is 4.72. The van der Waals surface area contributed by atoms with Crippen LogP contribution in [0.4, 0.5) is 19.0 Å². The van der Waals surface area contributed by atoms with Crippen LogP contribution in [0.15, 0.2) is 42.7 Å². The van der Waals surface area contributed by atoms with E-state index in [-0.39, 0.29) is 17.2 Å². The van der Waals surface area contributed by atoms with Crippen molar-refractivity contribution in [2.45, 2.75) is 19.5 Å². The lowest BCUT2D eigenvalue weighted by Crippen LogP contribution is -2.18. The van der Waals surface area contributed by atoms with Gasteiger partial charge in [0.25, 0.3) is 5.91 Å². The molecule has 7 nitrogen and oxygen atoms in total. The lowest BCUT2D eigenvalue weighted by atomic mass is 9.99. The molecule has 0 aliphatic carbocycles. The van der Waals surface area contributed by atoms with Crippen molar-refractivity contribution in [3.8, 4) is 11.3 Å². The van der Waals surface area contributed by atoms with Crippen LogP contribution in [0.25, 0.3) is 22.3 Å². The number of carbonyl (C=O) groups excluding carboxylic acids is 1. The molecule has 2 N–H and O–H groups in total. The molecule has 0 aliphatic rings. The van der Waals surface area contributed by atoms with Gasteiger partial charge in [-0.3, -0.25) is 4.79 Å². The van der Waals surface area contributed by atoms with Crippen LogP contribution in [-0.2, 0) is 19.6 Å². The van der Waals surface area contributed by atoms with Gasteiger partial charge >= 0.3 is 6.18 Å². The van der Waals surface area contributed by atoms with Crippen LogP contribution in [0.1, 0.15) is 28.7 Å². The number of alkyl halides is 3. The summed E-state index contributed by atoms with van der Waals surface area (Å²) in [7, 11) is 1.58. The van der Waals surface area contributed by atoms with Gasteiger partial charge in [-0.25, -0.2) is 14.6 Å². The number of halogens is 3. The Labute approximate surface area is 169 Å². The van der Waals surface area contributed by atoms with Gasteiger partial charge in [0.05, 0.1) is 5.56 Å². The summed E-state index contributed by atoms with van der Waals surface area (Å²) in [4.78, 5) is 23.4. The number of anilines is 1. The van der Waals surface area contributed by atoms with Gasteiger partial charge in [-0.05, 0) is 42.3 Å². The second-order valence-electron chi connectivity index (χ2n) is 6.71. The second kappa shape index (κ2) is 7.29. The van der Waals surface area contributed by atoms with Crippen molar-refractivity contribution in [3.05, 3.63) is 59.7 Å². The Bertz CT molecular complexity index is 1240. The Morgan fingerprint density at radius 3 is 2.67 bits per heavy atom. The summed E-state index contributed by atoms with van der Waals surface area (Å²) in [5, 5.41) is 7.06. The maximum atomic E-state index is 13.5. The van der Waals surface area contributed by atoms with E-state index in [1.807, 2.05) is 6.92 Å². The molecular formula is C20H17F3N6O. The molecule has 0 fully saturated rings. The third-order valence-electron chi connectivity index (χ3n) is 4.72. The molecule has 4 aromatic rings. The number of fused-ring (bicyclic) bond motifs is 1. The van der Waals surface area contributed by atoms with Crippen LogP contribution >= 0.6 is 0 Å². The van der Waals surface area contributed by atoms with Crippen molar-refractivity contribution >= 4 is 22.8 Å². The van der Waals surface area contributed by atoms with E-state index in [1.54, 1.807) is 25.2 Å². The zero-order chi connectivity index (χ0) is 21.5. The summed E-state index contributed by atoms with van der Waals surface area (Å²) in [5.41, 5.74) is 0.792. The monoisotopic (exact) mass is 414 g/mol. The Morgan fingerprint density at radius 1 is 1.20 bits per heavy atom. The Kier molecular flexibility index (Phi) is 4.76. The molecule has 0 bridgehead atoms. The number of H-pyrrole nitrogens is 1. The SMILES string of the molecule is CCc1ccc(C(F)(F)F)c(-c2cc3ccc(NC(=O)c4ncnn4C)nc3[nH]2)c1. The summed E-state index contributed by atoms with van der Waals surface area (Å²) in [6.45, 7) is 1.88. The first-order valence-electron chi connectivity index (χ1n) is 9.12. The molecule has 0 unspecified atom stereocenters. The summed E-state index contributed by atoms with van der Waals surface area (Å²) < 4.78 is 41.8. The fourth-order valence-electron chi connectivity index (χ4n) is 3.18. The van der Waals surface area contributed by atoms with Crippen LogP contribution in [0, 0.1) is 0 Å². The highest BCUT2D eigenvalue weighted by molar-refractivity contribution is 6.01. The van der Waals surface area contributed by atoms with Gasteiger partial charge in [-0.1, -0.05) is 13.0 Å². The molecule has 0 saturated heterocycles. The topological polar surface area (TPSA) is 88.5 Å². The molecular weight excluding hydrogens is 397 g/mol. The molecule has 154 valence electrons. The minimum atomic E-state index is -4.48. The highest BCUT2D eigenvalue weighted by Gasteiger charge is 2.34. The first-order chi connectivity index (χ1) is 14.3. The van der Waals surface area contributed by atoms with E-state index in [1.165, 1.54) is 23.1 Å². The van der Waals surface area contributed by atoms with Crippen LogP contribution in [0.3, 0.4) is 0 Å². The number of hydrogen-bond acceptors (Lipinski definition) is 4. The van der Waals surface area contributed by atoms with Crippen LogP contribution in [0.2, 0.25) is 0 Å². The predicted octanol–water partition coefficient (Wildman–Crippen LogP) is 4.19. The average molecular weight is 414 g/mol. The quantitative estimate of drug-likeness (QED) is 0.524. The van der Waals surface area contributed by atoms with Crippen molar-refractivity contribution in [1.29, 1.82) is 0 Å². The minimum absolute atomic E-state index is 0.0597. The number of aromatic nitrogens is 5. The minimum Gasteiger partial charge on any atom is -0.339 e. The predicted molar refractivity (Wildman–Crippen MR) is 105 cm³/mol. The fraction of sp³-hybridized carbons (Fsp3) is 0.200. The molecule has 1 amide bonds. The lowest BCUT2D eigenvalue weighted by molar-refractivity contribution is -0.137. The molecule has 4 rings (SSSR count). The third kappa shape index (κ3) is 3.63. The Hall–Kier alpha value is -3.69. The van der Waals surface area contributed by atoms with Crippen molar-refractivity contribution in [2.75, 3.05) is 5.32 Å². The first-order valence-corrected chi connectivity index (χ1v) is 9.12. The van der Waals surface area contributed by atoms with Gasteiger partial charge in [-0.2, -0.15) is 18.3 Å². The molecule has 0 radical (unpaired) electrons. The molecule has 0 atom stereocenters. The maximum absolute atomic E-state index is 13.5. The number of rotatable bonds is 4. The number of benzene rings is 1. The van der Waals surface area contributed by atoms with E-state index in [2.05, 4.69) is 25.4 Å². The van der Waals surface area contributed by atoms with Gasteiger partial charge in [0.15, 0.2) is 0 Å². The zero-order valence-electron chi connectivity index (χ0n) is 16.1. The van der Waals surface area contributed by atoms with Gasteiger partial charge in [0, 0.05) is 23.7 Å². The number of nitrogens with zero attached hydrogens (tertiary/aromatic N) is 4. The molecule has 0 saturated carbocycles. The summed E-state index contributed by atoms with van der Waals surface area (Å²) in [6, 6.07) is 8.96. The highest BCUT2D eigenvalue weighted by atomic mass is 19.4. The van der Waals surface area contributed by atoms with Gasteiger partial charge in [0.2, 0.25) is 5.82 Å². The summed E-state index contributed by atoms with van der Waals surface area (Å²) in [6.07, 6.45) is -2.62. The van der Waals surface area contributed by atoms with Crippen LogP contribution in [0.5, 0.6) is 0 Å². The van der Waals surface area contributed by atoms with Crippen molar-refractivity contribution < 1.29 is 18.0 Å². The normalized spacial score (nSPS) is 11.8. The van der Waals surface area contributed by atoms with E-state index >= 15 is 0 Å². The number of pyridine rings is 1. The summed E-state index contributed by atoms with van der Waals surface area (Å²) >= 11 is 0. The van der Waals surface area contributed by atoms with Crippen molar-refractivity contribution in [2.24, 2.45) is 7.05 Å². The smallest absolute Gasteiger partial charge is 0.339 e. The average Bonchev–Trinajstić information content (AvgIpc) is 3.32. The van der Waals surface area contributed by atoms with Gasteiger partial charge in [0.1, 0.15) is 17.8 Å². The van der Waals surface area contributed by atoms with E-state index < -0.39 is 17.6 Å². The van der Waals surface area contributed by atoms with Crippen LogP contribution < -0.4 is 5.32 Å². The maximum Gasteiger partial charge on any atom is 0.417 e. The fourth-order valence-corrected chi connectivity index (χ4v) is 3.18. The molecule has 0 aliphatic heterocycles. The van der Waals surface area contributed by atoms with Crippen molar-refractivity contribution in [1.82, 2.24) is 24.7 Å². The van der Waals surface area contributed by atoms with Gasteiger partial charge in [-0.15, -0.1) is 0 Å². The summed E-state index contributed by atoms with van der Waals surface area (Å²) in [5.74, 6) is -0.152. The first kappa shape index (κ1) is 19.6. The molecule has 30 heavy (non-hydrogen) atoms. The second-order valence-corrected chi connectivity index (χ2v) is 6.71. The molecule has 0 spiro atoms. The Balaban J connectivity index is 1.71. The number of amides is 1. The number of aromatic amines is 1. The number of hydrogen-bond donors (Lipinski definition) is 2. The number of nitrogens with one attached hydrogen (secondary N) is 2. The number of aryl methyl sites for hydroxylation is 2. The highest BCUT2D eigenvalue weighted by Crippen LogP contribution is 2.38. The molecule has 1 aromatic carbocycles. The lowest BCUT2D eigenvalue weighted by Gasteiger charge is -2.13. The van der Waals surface area contributed by atoms with E-state index in [0.29, 0.717) is 23.1 Å². The van der Waals surface area contributed by atoms with E-state index in [9.17, 15) is 18.0 Å². The molecule has 3 heterocycles. The Morgan fingerprint density at radius 2 is 2.00 bits per heavy atom. The van der Waals surface area contributed by atoms with Crippen molar-refractivity contribution in [3.63, 3.8) is 0 Å². The molecule has 3 aromatic heterocycles. The molecule has 10 heteroatoms. The largest absolute Gasteiger partial charge is 0.417 e. The van der Waals surface area contributed by atoms with E-state index in [0.717, 1.165) is 11.6 Å². The number of carbonyl (C=O) groups is 1. The zero-order valence-corrected chi connectivity index (χ0v) is 16.1. The standard InChI is InChI=1S/C20H17F3N6O/c1-3-11-4-6-14(20(21,22)23)13(8-11)15-9-12-5-7-16(27-17(12)26-15)28-19(30)18-24-10-25-29(18)2/h4-10H,3H2,1-2H3,(H2,26,27,28,30).